The number of aromatic nitrogens is 3. The first kappa shape index (κ1) is 17.7. The van der Waals surface area contributed by atoms with Crippen LogP contribution >= 0.6 is 34.7 Å². The van der Waals surface area contributed by atoms with Crippen LogP contribution in [0.5, 0.6) is 0 Å². The molecular formula is C16H13ClN4O2S2. The minimum Gasteiger partial charge on any atom is -0.305 e. The molecule has 9 heteroatoms. The Kier molecular flexibility index (Phi) is 5.52. The van der Waals surface area contributed by atoms with Crippen LogP contribution in [0.1, 0.15) is 9.67 Å². The van der Waals surface area contributed by atoms with E-state index in [0.717, 1.165) is 5.56 Å². The predicted molar refractivity (Wildman–Crippen MR) is 99.0 cm³/mol. The van der Waals surface area contributed by atoms with Gasteiger partial charge in [0.05, 0.1) is 15.7 Å². The summed E-state index contributed by atoms with van der Waals surface area (Å²) in [6.45, 7) is 0. The SMILES string of the molecule is Cn1c(SCC(=O)NC(=O)c2cccs2)nnc1-c1ccccc1Cl. The molecule has 3 rings (SSSR count). The minimum atomic E-state index is -0.393. The highest BCUT2D eigenvalue weighted by molar-refractivity contribution is 7.99. The molecule has 25 heavy (non-hydrogen) atoms. The number of carbonyl (C=O) groups is 2. The molecule has 0 atom stereocenters. The fourth-order valence-corrected chi connectivity index (χ4v) is 3.63. The van der Waals surface area contributed by atoms with Crippen molar-refractivity contribution in [2.24, 2.45) is 7.05 Å². The third-order valence-corrected chi connectivity index (χ3v) is 5.50. The quantitative estimate of drug-likeness (QED) is 0.674. The summed E-state index contributed by atoms with van der Waals surface area (Å²) in [5.41, 5.74) is 0.767. The van der Waals surface area contributed by atoms with Crippen molar-refractivity contribution in [2.45, 2.75) is 5.16 Å². The summed E-state index contributed by atoms with van der Waals surface area (Å²) in [6, 6.07) is 10.8. The largest absolute Gasteiger partial charge is 0.305 e. The van der Waals surface area contributed by atoms with E-state index in [-0.39, 0.29) is 11.7 Å². The maximum Gasteiger partial charge on any atom is 0.267 e. The van der Waals surface area contributed by atoms with Gasteiger partial charge in [-0.1, -0.05) is 41.6 Å². The van der Waals surface area contributed by atoms with Crippen LogP contribution in [0.2, 0.25) is 5.02 Å². The average molecular weight is 393 g/mol. The third-order valence-electron chi connectivity index (χ3n) is 3.28. The molecule has 0 bridgehead atoms. The van der Waals surface area contributed by atoms with Crippen molar-refractivity contribution in [2.75, 3.05) is 5.75 Å². The number of nitrogens with zero attached hydrogens (tertiary/aromatic N) is 3. The van der Waals surface area contributed by atoms with Gasteiger partial charge >= 0.3 is 0 Å². The van der Waals surface area contributed by atoms with Gasteiger partial charge in [-0.05, 0) is 23.6 Å². The fraction of sp³-hybridized carbons (Fsp3) is 0.125. The van der Waals surface area contributed by atoms with E-state index in [4.69, 9.17) is 11.6 Å². The maximum atomic E-state index is 11.9. The molecule has 0 aliphatic rings. The van der Waals surface area contributed by atoms with Crippen molar-refractivity contribution in [3.63, 3.8) is 0 Å². The number of hydrogen-bond acceptors (Lipinski definition) is 6. The second kappa shape index (κ2) is 7.81. The molecule has 2 aromatic heterocycles. The van der Waals surface area contributed by atoms with E-state index >= 15 is 0 Å². The number of carbonyl (C=O) groups excluding carboxylic acids is 2. The van der Waals surface area contributed by atoms with Gasteiger partial charge in [-0.2, -0.15) is 0 Å². The molecule has 2 heterocycles. The summed E-state index contributed by atoms with van der Waals surface area (Å²) in [7, 11) is 1.80. The molecule has 0 unspecified atom stereocenters. The normalized spacial score (nSPS) is 10.6. The monoisotopic (exact) mass is 392 g/mol. The van der Waals surface area contributed by atoms with Crippen molar-refractivity contribution in [1.29, 1.82) is 0 Å². The Morgan fingerprint density at radius 2 is 2.04 bits per heavy atom. The van der Waals surface area contributed by atoms with E-state index in [1.807, 2.05) is 18.2 Å². The molecule has 0 spiro atoms. The highest BCUT2D eigenvalue weighted by atomic mass is 35.5. The van der Waals surface area contributed by atoms with Gasteiger partial charge in [-0.3, -0.25) is 14.9 Å². The summed E-state index contributed by atoms with van der Waals surface area (Å²) in [4.78, 5) is 24.3. The van der Waals surface area contributed by atoms with Gasteiger partial charge in [-0.25, -0.2) is 0 Å². The first-order valence-corrected chi connectivity index (χ1v) is 9.45. The fourth-order valence-electron chi connectivity index (χ4n) is 2.08. The van der Waals surface area contributed by atoms with Crippen LogP contribution in [-0.4, -0.2) is 32.3 Å². The zero-order chi connectivity index (χ0) is 17.8. The Bertz CT molecular complexity index is 909. The smallest absolute Gasteiger partial charge is 0.267 e. The van der Waals surface area contributed by atoms with Crippen molar-refractivity contribution < 1.29 is 9.59 Å². The third kappa shape index (κ3) is 4.09. The molecule has 2 amide bonds. The molecular weight excluding hydrogens is 380 g/mol. The summed E-state index contributed by atoms with van der Waals surface area (Å²) in [5.74, 6) is -0.102. The molecule has 0 saturated heterocycles. The minimum absolute atomic E-state index is 0.0611. The highest BCUT2D eigenvalue weighted by Crippen LogP contribution is 2.28. The van der Waals surface area contributed by atoms with Gasteiger partial charge in [-0.15, -0.1) is 21.5 Å². The number of imide groups is 1. The van der Waals surface area contributed by atoms with E-state index in [1.54, 1.807) is 35.2 Å². The number of thioether (sulfide) groups is 1. The van der Waals surface area contributed by atoms with E-state index in [0.29, 0.717) is 20.9 Å². The lowest BCUT2D eigenvalue weighted by Crippen LogP contribution is -2.31. The molecule has 1 aromatic carbocycles. The van der Waals surface area contributed by atoms with Crippen LogP contribution < -0.4 is 5.32 Å². The Hall–Kier alpha value is -2.16. The van der Waals surface area contributed by atoms with Crippen LogP contribution in [0.4, 0.5) is 0 Å². The first-order valence-electron chi connectivity index (χ1n) is 7.21. The second-order valence-corrected chi connectivity index (χ2v) is 7.29. The summed E-state index contributed by atoms with van der Waals surface area (Å²) in [5, 5.41) is 13.5. The number of amides is 2. The highest BCUT2D eigenvalue weighted by Gasteiger charge is 2.16. The van der Waals surface area contributed by atoms with Gasteiger partial charge in [0.15, 0.2) is 11.0 Å². The predicted octanol–water partition coefficient (Wildman–Crippen LogP) is 3.25. The summed E-state index contributed by atoms with van der Waals surface area (Å²) >= 11 is 8.67. The topological polar surface area (TPSA) is 76.9 Å². The van der Waals surface area contributed by atoms with Crippen LogP contribution in [0.3, 0.4) is 0 Å². The van der Waals surface area contributed by atoms with Crippen molar-refractivity contribution in [3.8, 4) is 11.4 Å². The van der Waals surface area contributed by atoms with E-state index in [1.165, 1.54) is 23.1 Å². The van der Waals surface area contributed by atoms with E-state index in [9.17, 15) is 9.59 Å². The van der Waals surface area contributed by atoms with Gasteiger partial charge in [0.1, 0.15) is 0 Å². The lowest BCUT2D eigenvalue weighted by molar-refractivity contribution is -0.117. The lowest BCUT2D eigenvalue weighted by atomic mass is 10.2. The lowest BCUT2D eigenvalue weighted by Gasteiger charge is -2.05. The number of thiophene rings is 1. The number of rotatable bonds is 5. The zero-order valence-corrected chi connectivity index (χ0v) is 15.5. The maximum absolute atomic E-state index is 11.9. The number of halogens is 1. The molecule has 0 aliphatic carbocycles. The Balaban J connectivity index is 1.63. The van der Waals surface area contributed by atoms with Crippen LogP contribution in [-0.2, 0) is 11.8 Å². The van der Waals surface area contributed by atoms with E-state index in [2.05, 4.69) is 15.5 Å². The van der Waals surface area contributed by atoms with Crippen molar-refractivity contribution in [3.05, 3.63) is 51.7 Å². The Labute approximate surface area is 157 Å². The number of benzene rings is 1. The molecule has 128 valence electrons. The molecule has 6 nitrogen and oxygen atoms in total. The van der Waals surface area contributed by atoms with Crippen LogP contribution in [0.25, 0.3) is 11.4 Å². The van der Waals surface area contributed by atoms with Crippen molar-refractivity contribution >= 4 is 46.5 Å². The van der Waals surface area contributed by atoms with E-state index < -0.39 is 5.91 Å². The Morgan fingerprint density at radius 3 is 2.76 bits per heavy atom. The van der Waals surface area contributed by atoms with Gasteiger partial charge < -0.3 is 4.57 Å². The molecule has 0 fully saturated rings. The Morgan fingerprint density at radius 1 is 1.24 bits per heavy atom. The summed E-state index contributed by atoms with van der Waals surface area (Å²) < 4.78 is 1.76. The standard InChI is InChI=1S/C16H13ClN4O2S2/c1-21-14(10-5-2-3-6-11(10)17)19-20-16(21)25-9-13(22)18-15(23)12-7-4-8-24-12/h2-8H,9H2,1H3,(H,18,22,23). The molecule has 1 N–H and O–H groups in total. The van der Waals surface area contributed by atoms with Gasteiger partial charge in [0.2, 0.25) is 5.91 Å². The van der Waals surface area contributed by atoms with Gasteiger partial charge in [0, 0.05) is 12.6 Å². The molecule has 0 aliphatic heterocycles. The van der Waals surface area contributed by atoms with Crippen LogP contribution in [0, 0.1) is 0 Å². The molecule has 3 aromatic rings. The van der Waals surface area contributed by atoms with Crippen molar-refractivity contribution in [1.82, 2.24) is 20.1 Å². The molecule has 0 saturated carbocycles. The average Bonchev–Trinajstić information content (AvgIpc) is 3.24. The van der Waals surface area contributed by atoms with Crippen LogP contribution in [0.15, 0.2) is 46.9 Å². The van der Waals surface area contributed by atoms with Gasteiger partial charge in [0.25, 0.3) is 5.91 Å². The summed E-state index contributed by atoms with van der Waals surface area (Å²) in [6.07, 6.45) is 0. The second-order valence-electron chi connectivity index (χ2n) is 4.99. The first-order chi connectivity index (χ1) is 12.1. The molecule has 0 radical (unpaired) electrons. The number of nitrogens with one attached hydrogen (secondary N) is 1. The number of hydrogen-bond donors (Lipinski definition) is 1. The zero-order valence-electron chi connectivity index (χ0n) is 13.1.